The van der Waals surface area contributed by atoms with Gasteiger partial charge in [0.2, 0.25) is 0 Å². The quantitative estimate of drug-likeness (QED) is 0.904. The first-order valence-corrected chi connectivity index (χ1v) is 8.06. The SMILES string of the molecule is NCc1nc(C(=O)N2CCc3c(Br)cccc3C2)cs1. The van der Waals surface area contributed by atoms with Crippen molar-refractivity contribution in [2.75, 3.05) is 6.54 Å². The molecule has 1 aromatic heterocycles. The number of amides is 1. The first-order chi connectivity index (χ1) is 9.69. The van der Waals surface area contributed by atoms with Crippen LogP contribution in [0.3, 0.4) is 0 Å². The number of hydrogen-bond donors (Lipinski definition) is 1. The molecule has 20 heavy (non-hydrogen) atoms. The van der Waals surface area contributed by atoms with Crippen molar-refractivity contribution >= 4 is 33.2 Å². The molecular weight excluding hydrogens is 338 g/mol. The second kappa shape index (κ2) is 5.63. The highest BCUT2D eigenvalue weighted by Gasteiger charge is 2.24. The fourth-order valence-corrected chi connectivity index (χ4v) is 3.66. The van der Waals surface area contributed by atoms with Gasteiger partial charge in [-0.3, -0.25) is 4.79 Å². The highest BCUT2D eigenvalue weighted by atomic mass is 79.9. The maximum atomic E-state index is 12.4. The molecule has 0 fully saturated rings. The van der Waals surface area contributed by atoms with E-state index in [0.717, 1.165) is 22.4 Å². The number of thiazole rings is 1. The summed E-state index contributed by atoms with van der Waals surface area (Å²) in [6, 6.07) is 6.13. The Hall–Kier alpha value is -1.24. The zero-order chi connectivity index (χ0) is 14.1. The van der Waals surface area contributed by atoms with E-state index in [1.807, 2.05) is 17.0 Å². The molecule has 1 aliphatic heterocycles. The Labute approximate surface area is 129 Å². The van der Waals surface area contributed by atoms with E-state index in [1.54, 1.807) is 5.38 Å². The van der Waals surface area contributed by atoms with Gasteiger partial charge in [0, 0.05) is 29.5 Å². The van der Waals surface area contributed by atoms with E-state index in [4.69, 9.17) is 5.73 Å². The van der Waals surface area contributed by atoms with Gasteiger partial charge in [-0.25, -0.2) is 4.98 Å². The molecule has 6 heteroatoms. The molecule has 2 aromatic rings. The van der Waals surface area contributed by atoms with Crippen molar-refractivity contribution in [2.24, 2.45) is 5.73 Å². The molecule has 1 aliphatic rings. The van der Waals surface area contributed by atoms with Crippen molar-refractivity contribution in [1.82, 2.24) is 9.88 Å². The molecule has 2 heterocycles. The Balaban J connectivity index is 1.81. The van der Waals surface area contributed by atoms with E-state index >= 15 is 0 Å². The zero-order valence-corrected chi connectivity index (χ0v) is 13.2. The van der Waals surface area contributed by atoms with Gasteiger partial charge in [0.25, 0.3) is 5.91 Å². The number of hydrogen-bond acceptors (Lipinski definition) is 4. The summed E-state index contributed by atoms with van der Waals surface area (Å²) in [6.07, 6.45) is 0.871. The number of nitrogens with zero attached hydrogens (tertiary/aromatic N) is 2. The Morgan fingerprint density at radius 2 is 2.35 bits per heavy atom. The Bertz CT molecular complexity index is 656. The average Bonchev–Trinajstić information content (AvgIpc) is 2.95. The topological polar surface area (TPSA) is 59.2 Å². The molecule has 0 spiro atoms. The lowest BCUT2D eigenvalue weighted by molar-refractivity contribution is 0.0729. The molecule has 0 atom stereocenters. The van der Waals surface area contributed by atoms with Gasteiger partial charge in [-0.05, 0) is 23.6 Å². The summed E-state index contributed by atoms with van der Waals surface area (Å²) in [5.74, 6) is -0.00780. The molecule has 104 valence electrons. The number of benzene rings is 1. The number of carbonyl (C=O) groups excluding carboxylic acids is 1. The first-order valence-electron chi connectivity index (χ1n) is 6.39. The minimum atomic E-state index is -0.00780. The first kappa shape index (κ1) is 13.7. The van der Waals surface area contributed by atoms with Crippen LogP contribution in [-0.4, -0.2) is 22.3 Å². The molecule has 1 amide bonds. The van der Waals surface area contributed by atoms with Crippen molar-refractivity contribution in [2.45, 2.75) is 19.5 Å². The van der Waals surface area contributed by atoms with Crippen LogP contribution < -0.4 is 5.73 Å². The molecule has 3 rings (SSSR count). The number of fused-ring (bicyclic) bond motifs is 1. The second-order valence-corrected chi connectivity index (χ2v) is 6.48. The highest BCUT2D eigenvalue weighted by molar-refractivity contribution is 9.10. The maximum Gasteiger partial charge on any atom is 0.273 e. The van der Waals surface area contributed by atoms with Crippen LogP contribution in [0.2, 0.25) is 0 Å². The number of halogens is 1. The standard InChI is InChI=1S/C14H14BrN3OS/c15-11-3-1-2-9-7-18(5-4-10(9)11)14(19)12-8-20-13(6-16)17-12/h1-3,8H,4-7,16H2. The minimum absolute atomic E-state index is 0.00780. The Kier molecular flexibility index (Phi) is 3.87. The van der Waals surface area contributed by atoms with Gasteiger partial charge in [0.15, 0.2) is 0 Å². The van der Waals surface area contributed by atoms with E-state index < -0.39 is 0 Å². The van der Waals surface area contributed by atoms with Crippen molar-refractivity contribution in [3.8, 4) is 0 Å². The number of rotatable bonds is 2. The highest BCUT2D eigenvalue weighted by Crippen LogP contribution is 2.27. The van der Waals surface area contributed by atoms with Gasteiger partial charge in [-0.1, -0.05) is 28.1 Å². The lowest BCUT2D eigenvalue weighted by Gasteiger charge is -2.29. The van der Waals surface area contributed by atoms with Gasteiger partial charge in [0.05, 0.1) is 0 Å². The summed E-state index contributed by atoms with van der Waals surface area (Å²) in [5, 5.41) is 2.59. The third-order valence-corrected chi connectivity index (χ3v) is 5.06. The summed E-state index contributed by atoms with van der Waals surface area (Å²) in [4.78, 5) is 18.6. The number of carbonyl (C=O) groups is 1. The van der Waals surface area contributed by atoms with Crippen LogP contribution in [0, 0.1) is 0 Å². The van der Waals surface area contributed by atoms with Crippen LogP contribution in [0.5, 0.6) is 0 Å². The van der Waals surface area contributed by atoms with E-state index in [1.165, 1.54) is 22.5 Å². The van der Waals surface area contributed by atoms with E-state index in [2.05, 4.69) is 27.0 Å². The number of nitrogens with two attached hydrogens (primary N) is 1. The molecule has 0 radical (unpaired) electrons. The predicted octanol–water partition coefficient (Wildman–Crippen LogP) is 2.56. The van der Waals surface area contributed by atoms with Gasteiger partial charge >= 0.3 is 0 Å². The third kappa shape index (κ3) is 2.51. The monoisotopic (exact) mass is 351 g/mol. The summed E-state index contributed by atoms with van der Waals surface area (Å²) in [5.41, 5.74) is 8.55. The van der Waals surface area contributed by atoms with E-state index in [9.17, 15) is 4.79 Å². The van der Waals surface area contributed by atoms with Crippen molar-refractivity contribution in [3.05, 3.63) is 49.9 Å². The fraction of sp³-hybridized carbons (Fsp3) is 0.286. The second-order valence-electron chi connectivity index (χ2n) is 4.68. The van der Waals surface area contributed by atoms with Gasteiger partial charge in [-0.2, -0.15) is 0 Å². The van der Waals surface area contributed by atoms with Crippen molar-refractivity contribution < 1.29 is 4.79 Å². The molecule has 0 bridgehead atoms. The lowest BCUT2D eigenvalue weighted by Crippen LogP contribution is -2.36. The van der Waals surface area contributed by atoms with E-state index in [0.29, 0.717) is 18.8 Å². The van der Waals surface area contributed by atoms with Gasteiger partial charge < -0.3 is 10.6 Å². The van der Waals surface area contributed by atoms with Crippen LogP contribution in [0.15, 0.2) is 28.1 Å². The molecular formula is C14H14BrN3OS. The summed E-state index contributed by atoms with van der Waals surface area (Å²) in [6.45, 7) is 1.75. The molecule has 1 aromatic carbocycles. The maximum absolute atomic E-state index is 12.4. The van der Waals surface area contributed by atoms with Crippen LogP contribution in [0.4, 0.5) is 0 Å². The van der Waals surface area contributed by atoms with Crippen LogP contribution in [-0.2, 0) is 19.5 Å². The largest absolute Gasteiger partial charge is 0.333 e. The smallest absolute Gasteiger partial charge is 0.273 e. The molecule has 0 saturated heterocycles. The Morgan fingerprint density at radius 3 is 3.10 bits per heavy atom. The van der Waals surface area contributed by atoms with Crippen LogP contribution >= 0.6 is 27.3 Å². The lowest BCUT2D eigenvalue weighted by atomic mass is 10.00. The van der Waals surface area contributed by atoms with Gasteiger partial charge in [0.1, 0.15) is 10.7 Å². The minimum Gasteiger partial charge on any atom is -0.333 e. The summed E-state index contributed by atoms with van der Waals surface area (Å²) >= 11 is 5.01. The molecule has 0 saturated carbocycles. The van der Waals surface area contributed by atoms with Crippen LogP contribution in [0.25, 0.3) is 0 Å². The summed E-state index contributed by atoms with van der Waals surface area (Å²) in [7, 11) is 0. The zero-order valence-electron chi connectivity index (χ0n) is 10.8. The van der Waals surface area contributed by atoms with Gasteiger partial charge in [-0.15, -0.1) is 11.3 Å². The molecule has 4 nitrogen and oxygen atoms in total. The molecule has 0 aliphatic carbocycles. The average molecular weight is 352 g/mol. The fourth-order valence-electron chi connectivity index (χ4n) is 2.40. The molecule has 0 unspecified atom stereocenters. The summed E-state index contributed by atoms with van der Waals surface area (Å²) < 4.78 is 1.13. The van der Waals surface area contributed by atoms with E-state index in [-0.39, 0.29) is 5.91 Å². The predicted molar refractivity (Wildman–Crippen MR) is 82.6 cm³/mol. The number of aromatic nitrogens is 1. The van der Waals surface area contributed by atoms with Crippen LogP contribution in [0.1, 0.15) is 26.6 Å². The van der Waals surface area contributed by atoms with Crippen molar-refractivity contribution in [3.63, 3.8) is 0 Å². The normalized spacial score (nSPS) is 14.2. The Morgan fingerprint density at radius 1 is 1.50 bits per heavy atom. The third-order valence-electron chi connectivity index (χ3n) is 3.44. The van der Waals surface area contributed by atoms with Crippen molar-refractivity contribution in [1.29, 1.82) is 0 Å². The molecule has 2 N–H and O–H groups in total.